The van der Waals surface area contributed by atoms with E-state index in [1.165, 1.54) is 11.3 Å². The number of aromatic nitrogens is 5. The first-order chi connectivity index (χ1) is 12.4. The lowest BCUT2D eigenvalue weighted by Crippen LogP contribution is -2.19. The van der Waals surface area contributed by atoms with Gasteiger partial charge < -0.3 is 0 Å². The van der Waals surface area contributed by atoms with Crippen LogP contribution in [0.2, 0.25) is 0 Å². The van der Waals surface area contributed by atoms with E-state index in [0.717, 1.165) is 22.6 Å². The van der Waals surface area contributed by atoms with Gasteiger partial charge in [-0.2, -0.15) is 5.10 Å². The van der Waals surface area contributed by atoms with Crippen LogP contribution in [0.1, 0.15) is 24.4 Å². The molecule has 3 rings (SSSR count). The summed E-state index contributed by atoms with van der Waals surface area (Å²) in [6.07, 6.45) is 0.845. The van der Waals surface area contributed by atoms with Gasteiger partial charge in [-0.1, -0.05) is 48.9 Å². The van der Waals surface area contributed by atoms with Crippen LogP contribution in [0.5, 0.6) is 0 Å². The molecule has 2 heterocycles. The number of carbonyl (C=O) groups is 1. The Kier molecular flexibility index (Phi) is 5.58. The highest BCUT2D eigenvalue weighted by atomic mass is 32.1. The largest absolute Gasteiger partial charge is 0.299 e. The van der Waals surface area contributed by atoms with Crippen molar-refractivity contribution in [3.63, 3.8) is 0 Å². The molecule has 0 aliphatic rings. The minimum Gasteiger partial charge on any atom is -0.299 e. The van der Waals surface area contributed by atoms with E-state index in [1.54, 1.807) is 4.57 Å². The number of benzene rings is 1. The Bertz CT molecular complexity index is 972. The van der Waals surface area contributed by atoms with Gasteiger partial charge in [0.15, 0.2) is 10.6 Å². The fourth-order valence-corrected chi connectivity index (χ4v) is 3.67. The fourth-order valence-electron chi connectivity index (χ4n) is 2.51. The second-order valence-corrected chi connectivity index (χ2v) is 7.90. The number of rotatable bonds is 6. The molecule has 0 fully saturated rings. The monoisotopic (exact) mass is 388 g/mol. The molecule has 1 aromatic carbocycles. The number of anilines is 1. The van der Waals surface area contributed by atoms with Gasteiger partial charge >= 0.3 is 0 Å². The lowest BCUT2D eigenvalue weighted by molar-refractivity contribution is -0.116. The normalized spacial score (nSPS) is 11.1. The highest BCUT2D eigenvalue weighted by Gasteiger charge is 2.14. The Morgan fingerprint density at radius 2 is 2.19 bits per heavy atom. The van der Waals surface area contributed by atoms with E-state index < -0.39 is 0 Å². The van der Waals surface area contributed by atoms with Crippen LogP contribution in [0.3, 0.4) is 0 Å². The molecule has 0 saturated heterocycles. The van der Waals surface area contributed by atoms with Crippen molar-refractivity contribution in [2.75, 3.05) is 5.32 Å². The molecule has 136 valence electrons. The molecule has 0 bridgehead atoms. The quantitative estimate of drug-likeness (QED) is 0.630. The highest BCUT2D eigenvalue weighted by molar-refractivity contribution is 7.71. The molecule has 0 aliphatic heterocycles. The third-order valence-corrected chi connectivity index (χ3v) is 4.81. The van der Waals surface area contributed by atoms with Gasteiger partial charge in [0.25, 0.3) is 0 Å². The van der Waals surface area contributed by atoms with E-state index in [9.17, 15) is 4.79 Å². The third kappa shape index (κ3) is 4.41. The van der Waals surface area contributed by atoms with Crippen LogP contribution in [0.15, 0.2) is 24.3 Å². The van der Waals surface area contributed by atoms with Crippen LogP contribution in [0.4, 0.5) is 5.13 Å². The van der Waals surface area contributed by atoms with E-state index in [0.29, 0.717) is 21.6 Å². The molecule has 7 nitrogen and oxygen atoms in total. The van der Waals surface area contributed by atoms with E-state index in [-0.39, 0.29) is 12.5 Å². The van der Waals surface area contributed by atoms with Gasteiger partial charge in [0, 0.05) is 12.0 Å². The topological polar surface area (TPSA) is 88.5 Å². The second-order valence-electron chi connectivity index (χ2n) is 6.46. The fraction of sp³-hybridized carbons (Fsp3) is 0.353. The van der Waals surface area contributed by atoms with Crippen molar-refractivity contribution >= 4 is 34.6 Å². The van der Waals surface area contributed by atoms with Crippen molar-refractivity contribution in [1.82, 2.24) is 25.0 Å². The Morgan fingerprint density at radius 3 is 2.92 bits per heavy atom. The number of aromatic amines is 1. The van der Waals surface area contributed by atoms with Gasteiger partial charge in [-0.3, -0.25) is 19.8 Å². The van der Waals surface area contributed by atoms with Crippen molar-refractivity contribution in [3.8, 4) is 11.4 Å². The molecule has 0 atom stereocenters. The first-order valence-electron chi connectivity index (χ1n) is 8.27. The zero-order chi connectivity index (χ0) is 18.7. The van der Waals surface area contributed by atoms with Gasteiger partial charge in [-0.05, 0) is 31.1 Å². The number of carbonyl (C=O) groups excluding carboxylic acids is 1. The molecule has 0 aliphatic carbocycles. The average Bonchev–Trinajstić information content (AvgIpc) is 3.14. The van der Waals surface area contributed by atoms with Gasteiger partial charge in [-0.15, -0.1) is 10.2 Å². The van der Waals surface area contributed by atoms with Crippen LogP contribution >= 0.6 is 23.6 Å². The Balaban J connectivity index is 1.75. The number of nitrogens with one attached hydrogen (secondary N) is 2. The molecular weight excluding hydrogens is 368 g/mol. The van der Waals surface area contributed by atoms with Crippen molar-refractivity contribution < 1.29 is 4.79 Å². The number of nitrogens with zero attached hydrogens (tertiary/aromatic N) is 4. The second kappa shape index (κ2) is 7.88. The SMILES string of the molecule is Cc1cccc(-c2n[nH]c(=S)n2CC(=O)Nc2nnc(CC(C)C)s2)c1. The summed E-state index contributed by atoms with van der Waals surface area (Å²) in [7, 11) is 0. The maximum absolute atomic E-state index is 12.4. The van der Waals surface area contributed by atoms with Crippen LogP contribution in [0, 0.1) is 17.6 Å². The first kappa shape index (κ1) is 18.4. The number of hydrogen-bond acceptors (Lipinski definition) is 6. The summed E-state index contributed by atoms with van der Waals surface area (Å²) >= 11 is 6.68. The van der Waals surface area contributed by atoms with Crippen LogP contribution < -0.4 is 5.32 Å². The summed E-state index contributed by atoms with van der Waals surface area (Å²) in [5.41, 5.74) is 2.01. The summed E-state index contributed by atoms with van der Waals surface area (Å²) in [4.78, 5) is 12.4. The van der Waals surface area contributed by atoms with Gasteiger partial charge in [0.05, 0.1) is 0 Å². The lowest BCUT2D eigenvalue weighted by atomic mass is 10.1. The number of amides is 1. The molecule has 9 heteroatoms. The zero-order valence-corrected chi connectivity index (χ0v) is 16.4. The van der Waals surface area contributed by atoms with Crippen molar-refractivity contribution in [2.24, 2.45) is 5.92 Å². The Labute approximate surface area is 160 Å². The Hall–Kier alpha value is -2.39. The smallest absolute Gasteiger partial charge is 0.246 e. The van der Waals surface area contributed by atoms with Crippen molar-refractivity contribution in [3.05, 3.63) is 39.6 Å². The minimum atomic E-state index is -0.219. The average molecular weight is 389 g/mol. The standard InChI is InChI=1S/C17H20N6OS2/c1-10(2)7-14-19-21-16(26-14)18-13(24)9-23-15(20-22-17(23)25)12-6-4-5-11(3)8-12/h4-6,8,10H,7,9H2,1-3H3,(H,22,25)(H,18,21,24). The first-order valence-corrected chi connectivity index (χ1v) is 9.49. The summed E-state index contributed by atoms with van der Waals surface area (Å²) in [6.45, 7) is 6.30. The van der Waals surface area contributed by atoms with Gasteiger partial charge in [0.1, 0.15) is 11.6 Å². The molecule has 3 aromatic rings. The maximum Gasteiger partial charge on any atom is 0.246 e. The minimum absolute atomic E-state index is 0.0533. The maximum atomic E-state index is 12.4. The van der Waals surface area contributed by atoms with Crippen LogP contribution in [0.25, 0.3) is 11.4 Å². The Morgan fingerprint density at radius 1 is 1.38 bits per heavy atom. The molecule has 0 unspecified atom stereocenters. The number of aryl methyl sites for hydroxylation is 1. The highest BCUT2D eigenvalue weighted by Crippen LogP contribution is 2.20. The van der Waals surface area contributed by atoms with E-state index in [4.69, 9.17) is 12.2 Å². The number of hydrogen-bond donors (Lipinski definition) is 2. The predicted octanol–water partition coefficient (Wildman–Crippen LogP) is 3.60. The van der Waals surface area contributed by atoms with Crippen LogP contribution in [-0.4, -0.2) is 30.9 Å². The molecular formula is C17H20N6OS2. The van der Waals surface area contributed by atoms with Gasteiger partial charge in [0.2, 0.25) is 11.0 Å². The molecule has 0 radical (unpaired) electrons. The predicted molar refractivity (Wildman–Crippen MR) is 105 cm³/mol. The molecule has 2 N–H and O–H groups in total. The molecule has 0 saturated carbocycles. The summed E-state index contributed by atoms with van der Waals surface area (Å²) in [5, 5.41) is 19.4. The molecule has 26 heavy (non-hydrogen) atoms. The molecule has 0 spiro atoms. The molecule has 1 amide bonds. The van der Waals surface area contributed by atoms with Crippen LogP contribution in [-0.2, 0) is 17.8 Å². The van der Waals surface area contributed by atoms with Gasteiger partial charge in [-0.25, -0.2) is 0 Å². The van der Waals surface area contributed by atoms with E-state index in [2.05, 4.69) is 39.6 Å². The summed E-state index contributed by atoms with van der Waals surface area (Å²) in [5.74, 6) is 0.905. The third-order valence-electron chi connectivity index (χ3n) is 3.63. The lowest BCUT2D eigenvalue weighted by Gasteiger charge is -2.07. The van der Waals surface area contributed by atoms with Crippen molar-refractivity contribution in [1.29, 1.82) is 0 Å². The summed E-state index contributed by atoms with van der Waals surface area (Å²) in [6, 6.07) is 7.90. The number of H-pyrrole nitrogens is 1. The van der Waals surface area contributed by atoms with E-state index in [1.807, 2.05) is 31.2 Å². The van der Waals surface area contributed by atoms with E-state index >= 15 is 0 Å². The summed E-state index contributed by atoms with van der Waals surface area (Å²) < 4.78 is 2.07. The zero-order valence-electron chi connectivity index (χ0n) is 14.8. The molecule has 2 aromatic heterocycles. The van der Waals surface area contributed by atoms with Crippen molar-refractivity contribution in [2.45, 2.75) is 33.7 Å².